The Morgan fingerprint density at radius 3 is 2.42 bits per heavy atom. The van der Waals surface area contributed by atoms with Crippen LogP contribution in [0.3, 0.4) is 0 Å². The molecule has 0 saturated heterocycles. The van der Waals surface area contributed by atoms with Crippen LogP contribution < -0.4 is 5.32 Å². The summed E-state index contributed by atoms with van der Waals surface area (Å²) >= 11 is 3.36. The van der Waals surface area contributed by atoms with Crippen molar-refractivity contribution >= 4 is 21.8 Å². The minimum atomic E-state index is -0.0623. The van der Waals surface area contributed by atoms with Gasteiger partial charge in [-0.15, -0.1) is 0 Å². The first kappa shape index (κ1) is 13.9. The number of aryl methyl sites for hydroxylation is 2. The van der Waals surface area contributed by atoms with Crippen LogP contribution >= 0.6 is 15.9 Å². The smallest absolute Gasteiger partial charge is 0.268 e. The third-order valence-electron chi connectivity index (χ3n) is 3.09. The molecule has 0 aliphatic carbocycles. The lowest BCUT2D eigenvalue weighted by Crippen LogP contribution is -2.24. The number of nitrogens with zero attached hydrogens (tertiary/aromatic N) is 1. The number of benzene rings is 1. The molecule has 0 unspecified atom stereocenters. The van der Waals surface area contributed by atoms with Gasteiger partial charge in [0.2, 0.25) is 0 Å². The minimum absolute atomic E-state index is 0.0623. The maximum atomic E-state index is 12.0. The highest BCUT2D eigenvalue weighted by atomic mass is 79.9. The Hall–Kier alpha value is -1.55. The molecule has 0 bridgehead atoms. The Labute approximate surface area is 121 Å². The summed E-state index contributed by atoms with van der Waals surface area (Å²) in [6.45, 7) is 2.68. The fraction of sp³-hybridized carbons (Fsp3) is 0.267. The number of nitrogens with one attached hydrogen (secondary N) is 1. The van der Waals surface area contributed by atoms with Crippen molar-refractivity contribution in [2.45, 2.75) is 19.9 Å². The van der Waals surface area contributed by atoms with Gasteiger partial charge in [-0.25, -0.2) is 0 Å². The number of hydrogen-bond acceptors (Lipinski definition) is 1. The predicted molar refractivity (Wildman–Crippen MR) is 80.1 cm³/mol. The van der Waals surface area contributed by atoms with E-state index in [9.17, 15) is 4.79 Å². The van der Waals surface area contributed by atoms with Crippen molar-refractivity contribution in [3.8, 4) is 0 Å². The highest BCUT2D eigenvalue weighted by Crippen LogP contribution is 2.13. The molecular weight excluding hydrogens is 304 g/mol. The van der Waals surface area contributed by atoms with E-state index in [1.807, 2.05) is 19.3 Å². The van der Waals surface area contributed by atoms with E-state index < -0.39 is 0 Å². The molecule has 0 aliphatic heterocycles. The van der Waals surface area contributed by atoms with Crippen molar-refractivity contribution in [1.29, 1.82) is 0 Å². The predicted octanol–water partition coefficient (Wildman–Crippen LogP) is 3.28. The molecule has 100 valence electrons. The van der Waals surface area contributed by atoms with Crippen LogP contribution in [0.1, 0.15) is 28.5 Å². The number of carbonyl (C=O) groups is 1. The maximum absolute atomic E-state index is 12.0. The fourth-order valence-corrected chi connectivity index (χ4v) is 2.44. The second kappa shape index (κ2) is 6.06. The van der Waals surface area contributed by atoms with Crippen LogP contribution in [0.4, 0.5) is 0 Å². The van der Waals surface area contributed by atoms with Gasteiger partial charge < -0.3 is 9.88 Å². The lowest BCUT2D eigenvalue weighted by molar-refractivity contribution is 0.0943. The molecule has 0 saturated carbocycles. The molecule has 0 spiro atoms. The van der Waals surface area contributed by atoms with Gasteiger partial charge >= 0.3 is 0 Å². The molecule has 4 heteroatoms. The average molecular weight is 321 g/mol. The van der Waals surface area contributed by atoms with Crippen LogP contribution in [-0.4, -0.2) is 10.5 Å². The summed E-state index contributed by atoms with van der Waals surface area (Å²) in [6.07, 6.45) is 2.90. The van der Waals surface area contributed by atoms with E-state index in [1.165, 1.54) is 5.56 Å². The molecule has 2 rings (SSSR count). The summed E-state index contributed by atoms with van der Waals surface area (Å²) in [5.41, 5.74) is 3.07. The topological polar surface area (TPSA) is 34.0 Å². The number of carbonyl (C=O) groups excluding carboxylic acids is 1. The minimum Gasteiger partial charge on any atom is -0.347 e. The first-order chi connectivity index (χ1) is 9.10. The van der Waals surface area contributed by atoms with E-state index in [0.29, 0.717) is 12.2 Å². The first-order valence-electron chi connectivity index (χ1n) is 6.28. The van der Waals surface area contributed by atoms with Gasteiger partial charge in [-0.2, -0.15) is 0 Å². The van der Waals surface area contributed by atoms with E-state index in [-0.39, 0.29) is 5.91 Å². The number of halogens is 1. The van der Waals surface area contributed by atoms with Gasteiger partial charge in [0, 0.05) is 24.3 Å². The highest BCUT2D eigenvalue weighted by Gasteiger charge is 2.10. The molecule has 2 aromatic rings. The van der Waals surface area contributed by atoms with Gasteiger partial charge in [0.25, 0.3) is 5.91 Å². The van der Waals surface area contributed by atoms with E-state index in [0.717, 1.165) is 16.5 Å². The highest BCUT2D eigenvalue weighted by molar-refractivity contribution is 9.10. The lowest BCUT2D eigenvalue weighted by atomic mass is 10.1. The standard InChI is InChI=1S/C15H17BrN2O/c1-3-11-4-6-12(7-5-11)9-17-15(19)14-8-13(16)10-18(14)2/h4-8,10H,3,9H2,1-2H3,(H,17,19). The fourth-order valence-electron chi connectivity index (χ4n) is 1.92. The molecule has 3 nitrogen and oxygen atoms in total. The Morgan fingerprint density at radius 2 is 1.89 bits per heavy atom. The van der Waals surface area contributed by atoms with Crippen LogP contribution in [0.15, 0.2) is 41.0 Å². The number of amides is 1. The SMILES string of the molecule is CCc1ccc(CNC(=O)c2cc(Br)cn2C)cc1. The van der Waals surface area contributed by atoms with Gasteiger partial charge in [-0.3, -0.25) is 4.79 Å². The van der Waals surface area contributed by atoms with Crippen LogP contribution in [0.5, 0.6) is 0 Å². The van der Waals surface area contributed by atoms with Gasteiger partial charge in [-0.1, -0.05) is 31.2 Å². The number of aromatic nitrogens is 1. The van der Waals surface area contributed by atoms with Crippen molar-refractivity contribution in [2.24, 2.45) is 7.05 Å². The van der Waals surface area contributed by atoms with Crippen molar-refractivity contribution in [1.82, 2.24) is 9.88 Å². The van der Waals surface area contributed by atoms with Crippen LogP contribution in [-0.2, 0) is 20.0 Å². The van der Waals surface area contributed by atoms with Crippen LogP contribution in [0, 0.1) is 0 Å². The van der Waals surface area contributed by atoms with Crippen molar-refractivity contribution in [2.75, 3.05) is 0 Å². The largest absolute Gasteiger partial charge is 0.347 e. The third-order valence-corrected chi connectivity index (χ3v) is 3.52. The van der Waals surface area contributed by atoms with Crippen molar-refractivity contribution in [3.63, 3.8) is 0 Å². The Kier molecular flexibility index (Phi) is 4.43. The van der Waals surface area contributed by atoms with Crippen LogP contribution in [0.2, 0.25) is 0 Å². The zero-order valence-corrected chi connectivity index (χ0v) is 12.7. The molecule has 1 heterocycles. The molecule has 1 amide bonds. The lowest BCUT2D eigenvalue weighted by Gasteiger charge is -2.06. The zero-order chi connectivity index (χ0) is 13.8. The van der Waals surface area contributed by atoms with E-state index in [2.05, 4.69) is 52.4 Å². The quantitative estimate of drug-likeness (QED) is 0.921. The molecule has 0 fully saturated rings. The van der Waals surface area contributed by atoms with Gasteiger partial charge in [0.15, 0.2) is 0 Å². The van der Waals surface area contributed by atoms with E-state index in [1.54, 1.807) is 4.57 Å². The molecule has 19 heavy (non-hydrogen) atoms. The third kappa shape index (κ3) is 3.47. The molecule has 1 aromatic carbocycles. The van der Waals surface area contributed by atoms with Gasteiger partial charge in [0.05, 0.1) is 0 Å². The summed E-state index contributed by atoms with van der Waals surface area (Å²) in [7, 11) is 1.86. The Balaban J connectivity index is 1.98. The first-order valence-corrected chi connectivity index (χ1v) is 7.07. The molecular formula is C15H17BrN2O. The number of rotatable bonds is 4. The van der Waals surface area contributed by atoms with Crippen molar-refractivity contribution < 1.29 is 4.79 Å². The molecule has 0 atom stereocenters. The second-order valence-corrected chi connectivity index (χ2v) is 5.42. The van der Waals surface area contributed by atoms with E-state index in [4.69, 9.17) is 0 Å². The second-order valence-electron chi connectivity index (χ2n) is 4.51. The normalized spacial score (nSPS) is 10.5. The zero-order valence-electron chi connectivity index (χ0n) is 11.1. The van der Waals surface area contributed by atoms with Gasteiger partial charge in [0.1, 0.15) is 5.69 Å². The van der Waals surface area contributed by atoms with Crippen molar-refractivity contribution in [3.05, 3.63) is 57.8 Å². The van der Waals surface area contributed by atoms with Gasteiger partial charge in [-0.05, 0) is 39.5 Å². The molecule has 1 N–H and O–H groups in total. The monoisotopic (exact) mass is 320 g/mol. The Bertz CT molecular complexity index is 572. The van der Waals surface area contributed by atoms with Crippen LogP contribution in [0.25, 0.3) is 0 Å². The molecule has 1 aromatic heterocycles. The average Bonchev–Trinajstić information content (AvgIpc) is 2.75. The summed E-state index contributed by atoms with van der Waals surface area (Å²) in [4.78, 5) is 12.0. The Morgan fingerprint density at radius 1 is 1.26 bits per heavy atom. The maximum Gasteiger partial charge on any atom is 0.268 e. The molecule has 0 radical (unpaired) electrons. The molecule has 0 aliphatic rings. The summed E-state index contributed by atoms with van der Waals surface area (Å²) < 4.78 is 2.71. The summed E-state index contributed by atoms with van der Waals surface area (Å²) in [6, 6.07) is 10.1. The van der Waals surface area contributed by atoms with E-state index >= 15 is 0 Å². The summed E-state index contributed by atoms with van der Waals surface area (Å²) in [5, 5.41) is 2.93. The summed E-state index contributed by atoms with van der Waals surface area (Å²) in [5.74, 6) is -0.0623. The number of hydrogen-bond donors (Lipinski definition) is 1.